The van der Waals surface area contributed by atoms with Crippen molar-refractivity contribution in [2.75, 3.05) is 7.11 Å². The van der Waals surface area contributed by atoms with Crippen molar-refractivity contribution >= 4 is 22.9 Å². The molecule has 2 aromatic heterocycles. The van der Waals surface area contributed by atoms with Gasteiger partial charge in [0, 0.05) is 19.3 Å². The van der Waals surface area contributed by atoms with Gasteiger partial charge in [0.2, 0.25) is 5.91 Å². The first-order valence-corrected chi connectivity index (χ1v) is 7.62. The van der Waals surface area contributed by atoms with Crippen molar-refractivity contribution in [2.24, 2.45) is 7.05 Å². The summed E-state index contributed by atoms with van der Waals surface area (Å²) in [6, 6.07) is 3.95. The summed E-state index contributed by atoms with van der Waals surface area (Å²) >= 11 is 0. The number of carbonyl (C=O) groups is 2. The molecule has 0 bridgehead atoms. The summed E-state index contributed by atoms with van der Waals surface area (Å²) in [5.74, 6) is -0.483. The van der Waals surface area contributed by atoms with Crippen LogP contribution in [0, 0.1) is 0 Å². The molecular weight excluding hydrogens is 282 g/mol. The van der Waals surface area contributed by atoms with Gasteiger partial charge in [0.15, 0.2) is 0 Å². The maximum atomic E-state index is 12.3. The van der Waals surface area contributed by atoms with E-state index >= 15 is 0 Å². The molecule has 1 aliphatic rings. The number of aromatic nitrogens is 2. The number of rotatable bonds is 4. The van der Waals surface area contributed by atoms with E-state index in [1.165, 1.54) is 20.0 Å². The van der Waals surface area contributed by atoms with Gasteiger partial charge in [0.25, 0.3) is 0 Å². The van der Waals surface area contributed by atoms with Gasteiger partial charge in [-0.1, -0.05) is 12.8 Å². The van der Waals surface area contributed by atoms with E-state index in [0.29, 0.717) is 5.69 Å². The predicted octanol–water partition coefficient (Wildman–Crippen LogP) is 1.83. The minimum Gasteiger partial charge on any atom is -0.464 e. The fraction of sp³-hybridized carbons (Fsp3) is 0.500. The van der Waals surface area contributed by atoms with Crippen LogP contribution < -0.4 is 5.32 Å². The first-order chi connectivity index (χ1) is 10.6. The molecule has 1 amide bonds. The minimum absolute atomic E-state index is 0.0570. The van der Waals surface area contributed by atoms with E-state index in [1.54, 1.807) is 10.6 Å². The molecule has 6 nitrogen and oxygen atoms in total. The molecule has 0 spiro atoms. The number of fused-ring (bicyclic) bond motifs is 1. The van der Waals surface area contributed by atoms with Crippen LogP contribution in [-0.4, -0.2) is 34.2 Å². The van der Waals surface area contributed by atoms with Crippen LogP contribution in [0.3, 0.4) is 0 Å². The highest BCUT2D eigenvalue weighted by atomic mass is 16.5. The van der Waals surface area contributed by atoms with Crippen molar-refractivity contribution < 1.29 is 14.3 Å². The largest absolute Gasteiger partial charge is 0.464 e. The molecule has 1 N–H and O–H groups in total. The maximum Gasteiger partial charge on any atom is 0.354 e. The molecule has 0 saturated heterocycles. The lowest BCUT2D eigenvalue weighted by Crippen LogP contribution is -2.35. The second kappa shape index (κ2) is 5.87. The number of amides is 1. The van der Waals surface area contributed by atoms with E-state index in [0.717, 1.165) is 23.9 Å². The summed E-state index contributed by atoms with van der Waals surface area (Å²) in [6.45, 7) is 0.133. The van der Waals surface area contributed by atoms with Gasteiger partial charge >= 0.3 is 5.97 Å². The van der Waals surface area contributed by atoms with Crippen molar-refractivity contribution in [3.8, 4) is 0 Å². The second-order valence-corrected chi connectivity index (χ2v) is 5.85. The number of ether oxygens (including phenoxy) is 1. The molecule has 0 radical (unpaired) electrons. The van der Waals surface area contributed by atoms with Gasteiger partial charge in [-0.3, -0.25) is 4.79 Å². The van der Waals surface area contributed by atoms with E-state index < -0.39 is 5.97 Å². The summed E-state index contributed by atoms with van der Waals surface area (Å²) in [4.78, 5) is 24.2. The first kappa shape index (κ1) is 14.7. The maximum absolute atomic E-state index is 12.3. The van der Waals surface area contributed by atoms with Gasteiger partial charge in [-0.25, -0.2) is 4.79 Å². The fourth-order valence-corrected chi connectivity index (χ4v) is 3.20. The van der Waals surface area contributed by atoms with Crippen molar-refractivity contribution in [3.63, 3.8) is 0 Å². The topological polar surface area (TPSA) is 65.3 Å². The predicted molar refractivity (Wildman–Crippen MR) is 82.6 cm³/mol. The van der Waals surface area contributed by atoms with Crippen LogP contribution >= 0.6 is 0 Å². The molecule has 2 aromatic rings. The number of esters is 1. The lowest BCUT2D eigenvalue weighted by atomic mass is 10.2. The molecule has 22 heavy (non-hydrogen) atoms. The lowest BCUT2D eigenvalue weighted by molar-refractivity contribution is -0.122. The normalized spacial score (nSPS) is 15.4. The Labute approximate surface area is 129 Å². The molecule has 6 heteroatoms. The zero-order chi connectivity index (χ0) is 15.7. The highest BCUT2D eigenvalue weighted by molar-refractivity contribution is 5.95. The Morgan fingerprint density at radius 2 is 2.05 bits per heavy atom. The molecule has 2 heterocycles. The van der Waals surface area contributed by atoms with Gasteiger partial charge in [-0.15, -0.1) is 0 Å². The third-order valence-electron chi connectivity index (χ3n) is 4.37. The third-order valence-corrected chi connectivity index (χ3v) is 4.37. The molecular formula is C16H21N3O3. The summed E-state index contributed by atoms with van der Waals surface area (Å²) in [6.07, 6.45) is 6.34. The van der Waals surface area contributed by atoms with Crippen LogP contribution in [0.25, 0.3) is 11.0 Å². The van der Waals surface area contributed by atoms with Gasteiger partial charge in [0.05, 0.1) is 18.1 Å². The van der Waals surface area contributed by atoms with Crippen molar-refractivity contribution in [2.45, 2.75) is 38.3 Å². The average molecular weight is 303 g/mol. The van der Waals surface area contributed by atoms with Crippen LogP contribution in [0.4, 0.5) is 0 Å². The molecule has 1 aliphatic carbocycles. The molecule has 3 rings (SSSR count). The molecule has 0 unspecified atom stereocenters. The number of methoxy groups -OCH3 is 1. The fourth-order valence-electron chi connectivity index (χ4n) is 3.20. The molecule has 0 aliphatic heterocycles. The second-order valence-electron chi connectivity index (χ2n) is 5.85. The molecule has 0 atom stereocenters. The van der Waals surface area contributed by atoms with Crippen molar-refractivity contribution in [1.82, 2.24) is 14.5 Å². The Hall–Kier alpha value is -2.24. The number of carbonyl (C=O) groups excluding carboxylic acids is 2. The first-order valence-electron chi connectivity index (χ1n) is 7.62. The SMILES string of the molecule is COC(=O)c1cc2c(ccn2C)n1CC(=O)NC1CCCC1. The number of aryl methyl sites for hydroxylation is 1. The van der Waals surface area contributed by atoms with Crippen LogP contribution in [0.2, 0.25) is 0 Å². The Bertz CT molecular complexity index is 708. The van der Waals surface area contributed by atoms with Gasteiger partial charge in [-0.05, 0) is 25.0 Å². The van der Waals surface area contributed by atoms with E-state index in [1.807, 2.05) is 23.9 Å². The molecule has 118 valence electrons. The Kier molecular flexibility index (Phi) is 3.92. The van der Waals surface area contributed by atoms with Gasteiger partial charge < -0.3 is 19.2 Å². The Morgan fingerprint density at radius 1 is 1.32 bits per heavy atom. The highest BCUT2D eigenvalue weighted by Gasteiger charge is 2.22. The van der Waals surface area contributed by atoms with Crippen molar-refractivity contribution in [3.05, 3.63) is 24.0 Å². The summed E-state index contributed by atoms with van der Waals surface area (Å²) in [5.41, 5.74) is 2.18. The number of hydrogen-bond acceptors (Lipinski definition) is 3. The van der Waals surface area contributed by atoms with E-state index in [2.05, 4.69) is 5.32 Å². The third kappa shape index (κ3) is 2.61. The lowest BCUT2D eigenvalue weighted by Gasteiger charge is -2.13. The zero-order valence-electron chi connectivity index (χ0n) is 13.0. The van der Waals surface area contributed by atoms with Crippen LogP contribution in [0.1, 0.15) is 36.2 Å². The van der Waals surface area contributed by atoms with E-state index in [4.69, 9.17) is 4.74 Å². The van der Waals surface area contributed by atoms with Gasteiger partial charge in [0.1, 0.15) is 12.2 Å². The zero-order valence-corrected chi connectivity index (χ0v) is 13.0. The molecule has 1 saturated carbocycles. The number of nitrogens with zero attached hydrogens (tertiary/aromatic N) is 2. The van der Waals surface area contributed by atoms with Crippen LogP contribution in [-0.2, 0) is 23.1 Å². The Morgan fingerprint density at radius 3 is 2.73 bits per heavy atom. The number of nitrogens with one attached hydrogen (secondary N) is 1. The average Bonchev–Trinajstić information content (AvgIpc) is 3.19. The quantitative estimate of drug-likeness (QED) is 0.876. The summed E-state index contributed by atoms with van der Waals surface area (Å²) < 4.78 is 8.48. The van der Waals surface area contributed by atoms with Crippen LogP contribution in [0.5, 0.6) is 0 Å². The number of hydrogen-bond donors (Lipinski definition) is 1. The standard InChI is InChI=1S/C16H21N3O3/c1-18-8-7-12-13(18)9-14(16(21)22-2)19(12)10-15(20)17-11-5-3-4-6-11/h7-9,11H,3-6,10H2,1-2H3,(H,17,20). The van der Waals surface area contributed by atoms with Crippen LogP contribution in [0.15, 0.2) is 18.3 Å². The smallest absolute Gasteiger partial charge is 0.354 e. The van der Waals surface area contributed by atoms with E-state index in [-0.39, 0.29) is 18.5 Å². The summed E-state index contributed by atoms with van der Waals surface area (Å²) in [7, 11) is 3.26. The molecule has 1 fully saturated rings. The Balaban J connectivity index is 1.87. The minimum atomic E-state index is -0.426. The van der Waals surface area contributed by atoms with Crippen molar-refractivity contribution in [1.29, 1.82) is 0 Å². The monoisotopic (exact) mass is 303 g/mol. The van der Waals surface area contributed by atoms with Gasteiger partial charge in [-0.2, -0.15) is 0 Å². The highest BCUT2D eigenvalue weighted by Crippen LogP contribution is 2.22. The summed E-state index contributed by atoms with van der Waals surface area (Å²) in [5, 5.41) is 3.05. The molecule has 0 aromatic carbocycles. The van der Waals surface area contributed by atoms with E-state index in [9.17, 15) is 9.59 Å².